The Morgan fingerprint density at radius 2 is 1.87 bits per heavy atom. The van der Waals surface area contributed by atoms with E-state index in [4.69, 9.17) is 9.97 Å². The van der Waals surface area contributed by atoms with Crippen molar-refractivity contribution in [2.24, 2.45) is 0 Å². The molecule has 0 saturated heterocycles. The van der Waals surface area contributed by atoms with Gasteiger partial charge in [-0.25, -0.2) is 4.98 Å². The summed E-state index contributed by atoms with van der Waals surface area (Å²) in [4.78, 5) is 9.59. The van der Waals surface area contributed by atoms with E-state index in [0.717, 1.165) is 58.9 Å². The summed E-state index contributed by atoms with van der Waals surface area (Å²) in [7, 11) is 0. The summed E-state index contributed by atoms with van der Waals surface area (Å²) in [6.07, 6.45) is 5.33. The summed E-state index contributed by atoms with van der Waals surface area (Å²) >= 11 is 1.40. The third-order valence-electron chi connectivity index (χ3n) is 5.47. The zero-order chi connectivity index (χ0) is 20.5. The van der Waals surface area contributed by atoms with Crippen LogP contribution in [0.1, 0.15) is 31.4 Å². The summed E-state index contributed by atoms with van der Waals surface area (Å²) in [5.74, 6) is 1.36. The van der Waals surface area contributed by atoms with Crippen LogP contribution in [0.5, 0.6) is 0 Å². The lowest BCUT2D eigenvalue weighted by molar-refractivity contribution is 0.126. The van der Waals surface area contributed by atoms with Gasteiger partial charge in [-0.1, -0.05) is 18.2 Å². The monoisotopic (exact) mass is 420 g/mol. The van der Waals surface area contributed by atoms with E-state index in [0.29, 0.717) is 5.95 Å². The lowest BCUT2D eigenvalue weighted by atomic mass is 9.93. The number of aliphatic hydroxyl groups excluding tert-OH is 1. The molecule has 30 heavy (non-hydrogen) atoms. The van der Waals surface area contributed by atoms with E-state index < -0.39 is 0 Å². The molecule has 3 heterocycles. The molecule has 154 valence electrons. The molecule has 1 aliphatic carbocycles. The number of anilines is 3. The molecule has 1 saturated carbocycles. The van der Waals surface area contributed by atoms with Gasteiger partial charge in [-0.2, -0.15) is 9.36 Å². The predicted octanol–water partition coefficient (Wildman–Crippen LogP) is 4.64. The maximum Gasteiger partial charge on any atom is 0.230 e. The summed E-state index contributed by atoms with van der Waals surface area (Å²) in [6.45, 7) is 1.97. The average Bonchev–Trinajstić information content (AvgIpc) is 3.36. The van der Waals surface area contributed by atoms with E-state index >= 15 is 0 Å². The number of hydrogen-bond acceptors (Lipinski definition) is 7. The number of nitrogens with one attached hydrogen (secondary N) is 2. The molecule has 3 aromatic heterocycles. The zero-order valence-electron chi connectivity index (χ0n) is 16.7. The van der Waals surface area contributed by atoms with Crippen molar-refractivity contribution in [3.8, 4) is 5.69 Å². The second kappa shape index (κ2) is 8.04. The lowest BCUT2D eigenvalue weighted by Crippen LogP contribution is -2.28. The van der Waals surface area contributed by atoms with Gasteiger partial charge >= 0.3 is 0 Å². The van der Waals surface area contributed by atoms with Crippen molar-refractivity contribution in [3.63, 3.8) is 0 Å². The first-order chi connectivity index (χ1) is 14.7. The van der Waals surface area contributed by atoms with E-state index in [1.807, 2.05) is 43.5 Å². The van der Waals surface area contributed by atoms with Gasteiger partial charge in [-0.3, -0.25) is 0 Å². The van der Waals surface area contributed by atoms with Crippen LogP contribution in [0.2, 0.25) is 0 Å². The van der Waals surface area contributed by atoms with Crippen molar-refractivity contribution in [1.29, 1.82) is 0 Å². The molecule has 1 fully saturated rings. The molecule has 1 aromatic carbocycles. The molecule has 0 atom stereocenters. The van der Waals surface area contributed by atoms with Crippen molar-refractivity contribution >= 4 is 39.3 Å². The Morgan fingerprint density at radius 1 is 1.07 bits per heavy atom. The molecule has 0 spiro atoms. The minimum atomic E-state index is -0.187. The van der Waals surface area contributed by atoms with Gasteiger partial charge in [0.2, 0.25) is 5.95 Å². The largest absolute Gasteiger partial charge is 0.393 e. The van der Waals surface area contributed by atoms with Gasteiger partial charge < -0.3 is 20.3 Å². The van der Waals surface area contributed by atoms with E-state index in [9.17, 15) is 5.11 Å². The molecule has 3 N–H and O–H groups in total. The molecule has 0 bridgehead atoms. The summed E-state index contributed by atoms with van der Waals surface area (Å²) < 4.78 is 6.44. The first-order valence-corrected chi connectivity index (χ1v) is 11.0. The van der Waals surface area contributed by atoms with E-state index in [2.05, 4.69) is 31.7 Å². The van der Waals surface area contributed by atoms with Crippen LogP contribution in [-0.2, 0) is 0 Å². The van der Waals surface area contributed by atoms with Crippen LogP contribution in [0.25, 0.3) is 16.7 Å². The number of nitrogens with zero attached hydrogens (tertiary/aromatic N) is 4. The van der Waals surface area contributed by atoms with Crippen LogP contribution in [-0.4, -0.2) is 36.2 Å². The molecule has 4 aromatic rings. The number of aromatic nitrogens is 4. The zero-order valence-corrected chi connectivity index (χ0v) is 17.6. The van der Waals surface area contributed by atoms with Crippen molar-refractivity contribution in [2.75, 3.05) is 10.6 Å². The van der Waals surface area contributed by atoms with Gasteiger partial charge in [0.1, 0.15) is 10.5 Å². The van der Waals surface area contributed by atoms with Crippen molar-refractivity contribution in [2.45, 2.75) is 44.8 Å². The van der Waals surface area contributed by atoms with Gasteiger partial charge in [0.05, 0.1) is 17.3 Å². The minimum absolute atomic E-state index is 0.187. The smallest absolute Gasteiger partial charge is 0.230 e. The fourth-order valence-corrected chi connectivity index (χ4v) is 4.61. The Bertz CT molecular complexity index is 1150. The number of aliphatic hydroxyl groups is 1. The van der Waals surface area contributed by atoms with Crippen LogP contribution in [0.4, 0.5) is 16.8 Å². The normalized spacial score (nSPS) is 19.1. The fourth-order valence-electron chi connectivity index (χ4n) is 3.95. The van der Waals surface area contributed by atoms with E-state index in [1.54, 1.807) is 0 Å². The topological polar surface area (TPSA) is 87.9 Å². The average molecular weight is 421 g/mol. The molecule has 5 rings (SSSR count). The van der Waals surface area contributed by atoms with Crippen molar-refractivity contribution in [3.05, 3.63) is 54.4 Å². The van der Waals surface area contributed by atoms with Crippen LogP contribution < -0.4 is 10.6 Å². The molecular formula is C22H24N6OS. The molecule has 8 heteroatoms. The quantitative estimate of drug-likeness (QED) is 0.436. The molecule has 0 radical (unpaired) electrons. The summed E-state index contributed by atoms with van der Waals surface area (Å²) in [6, 6.07) is 14.5. The number of aryl methyl sites for hydroxylation is 1. The standard InChI is InChI=1S/C22H24N6OS/c1-14-13-19(30-27-14)25-22-24-18-11-12-28(16-5-3-2-4-6-16)20(18)21(26-22)23-15-7-9-17(29)10-8-15/h2-6,11-13,15,17,29H,7-10H2,1H3,(H2,23,24,25,26)/t15-,17-. The molecule has 1 aliphatic rings. The summed E-state index contributed by atoms with van der Waals surface area (Å²) in [5, 5.41) is 17.7. The highest BCUT2D eigenvalue weighted by atomic mass is 32.1. The van der Waals surface area contributed by atoms with E-state index in [-0.39, 0.29) is 12.1 Å². The van der Waals surface area contributed by atoms with Gasteiger partial charge in [-0.05, 0) is 68.4 Å². The molecule has 0 unspecified atom stereocenters. The lowest BCUT2D eigenvalue weighted by Gasteiger charge is -2.27. The maximum absolute atomic E-state index is 9.86. The maximum atomic E-state index is 9.86. The highest BCUT2D eigenvalue weighted by Gasteiger charge is 2.22. The Hall–Kier alpha value is -2.97. The van der Waals surface area contributed by atoms with Gasteiger partial charge in [-0.15, -0.1) is 0 Å². The number of hydrogen-bond donors (Lipinski definition) is 3. The fraction of sp³-hybridized carbons (Fsp3) is 0.318. The Kier molecular flexibility index (Phi) is 5.10. The Balaban J connectivity index is 1.55. The van der Waals surface area contributed by atoms with Crippen LogP contribution in [0, 0.1) is 6.92 Å². The van der Waals surface area contributed by atoms with E-state index in [1.165, 1.54) is 11.5 Å². The molecule has 7 nitrogen and oxygen atoms in total. The number of para-hydroxylation sites is 1. The Morgan fingerprint density at radius 3 is 2.60 bits per heavy atom. The van der Waals surface area contributed by atoms with Crippen LogP contribution >= 0.6 is 11.5 Å². The predicted molar refractivity (Wildman–Crippen MR) is 121 cm³/mol. The van der Waals surface area contributed by atoms with Gasteiger partial charge in [0.15, 0.2) is 5.82 Å². The molecule has 0 aliphatic heterocycles. The number of benzene rings is 1. The van der Waals surface area contributed by atoms with Crippen molar-refractivity contribution in [1.82, 2.24) is 18.9 Å². The third-order valence-corrected chi connectivity index (χ3v) is 6.26. The third kappa shape index (κ3) is 3.88. The highest BCUT2D eigenvalue weighted by molar-refractivity contribution is 7.10. The van der Waals surface area contributed by atoms with Crippen LogP contribution in [0.15, 0.2) is 48.7 Å². The first kappa shape index (κ1) is 19.0. The van der Waals surface area contributed by atoms with Crippen molar-refractivity contribution < 1.29 is 5.11 Å². The van der Waals surface area contributed by atoms with Gasteiger partial charge in [0, 0.05) is 17.9 Å². The first-order valence-electron chi connectivity index (χ1n) is 10.3. The second-order valence-corrected chi connectivity index (χ2v) is 8.56. The van der Waals surface area contributed by atoms with Gasteiger partial charge in [0.25, 0.3) is 0 Å². The molecular weight excluding hydrogens is 396 g/mol. The number of rotatable bonds is 5. The Labute approximate surface area is 179 Å². The van der Waals surface area contributed by atoms with Crippen LogP contribution in [0.3, 0.4) is 0 Å². The highest BCUT2D eigenvalue weighted by Crippen LogP contribution is 2.30. The molecule has 0 amide bonds. The second-order valence-electron chi connectivity index (χ2n) is 7.76. The summed E-state index contributed by atoms with van der Waals surface area (Å²) in [5.41, 5.74) is 3.87. The SMILES string of the molecule is Cc1cc(Nc2nc(N[C@H]3CC[C@H](O)CC3)c3c(ccn3-c3ccccc3)n2)sn1. The number of fused-ring (bicyclic) bond motifs is 1. The minimum Gasteiger partial charge on any atom is -0.393 e.